The van der Waals surface area contributed by atoms with E-state index in [1.165, 1.54) is 15.6 Å². The lowest BCUT2D eigenvalue weighted by molar-refractivity contribution is 0.285. The zero-order valence-corrected chi connectivity index (χ0v) is 20.5. The summed E-state index contributed by atoms with van der Waals surface area (Å²) < 4.78 is 29.0. The summed E-state index contributed by atoms with van der Waals surface area (Å²) in [7, 11) is -0.363. The summed E-state index contributed by atoms with van der Waals surface area (Å²) >= 11 is 0. The molecular weight excluding hydrogens is 372 g/mol. The lowest BCUT2D eigenvalue weighted by Gasteiger charge is -2.45. The third-order valence-electron chi connectivity index (χ3n) is 5.36. The molecule has 0 saturated carbocycles. The standard InChI is InChI=1S/C21H40N4O2S/c1-19(2,3)16-15-12-14(23-28(26,27)24(10)11)13-25(15)18(21(7,8)9)22-17(16)20(4,5)6/h14,17,23H,12-13H2,1-11H3. The van der Waals surface area contributed by atoms with Crippen LogP contribution in [0.2, 0.25) is 0 Å². The molecule has 162 valence electrons. The van der Waals surface area contributed by atoms with Crippen LogP contribution in [0.3, 0.4) is 0 Å². The van der Waals surface area contributed by atoms with Gasteiger partial charge in [-0.25, -0.2) is 0 Å². The SMILES string of the molecule is CN(C)S(=O)(=O)NC1CC2=C(C(C)(C)C)C(C(C)(C)C)N=C(C(C)(C)C)N2C1. The van der Waals surface area contributed by atoms with Crippen LogP contribution >= 0.6 is 0 Å². The molecule has 28 heavy (non-hydrogen) atoms. The van der Waals surface area contributed by atoms with Crippen LogP contribution in [0.25, 0.3) is 0 Å². The van der Waals surface area contributed by atoms with Crippen molar-refractivity contribution in [2.24, 2.45) is 21.2 Å². The Kier molecular flexibility index (Phi) is 5.92. The largest absolute Gasteiger partial charge is 0.332 e. The second kappa shape index (κ2) is 7.10. The van der Waals surface area contributed by atoms with E-state index in [9.17, 15) is 8.42 Å². The first-order chi connectivity index (χ1) is 12.4. The maximum Gasteiger partial charge on any atom is 0.279 e. The molecule has 1 N–H and O–H groups in total. The second-order valence-corrected chi connectivity index (χ2v) is 13.4. The number of hydrogen-bond donors (Lipinski definition) is 1. The zero-order valence-electron chi connectivity index (χ0n) is 19.6. The van der Waals surface area contributed by atoms with Crippen LogP contribution in [-0.4, -0.2) is 56.2 Å². The second-order valence-electron chi connectivity index (χ2n) is 11.5. The molecule has 6 nitrogen and oxygen atoms in total. The van der Waals surface area contributed by atoms with Gasteiger partial charge in [-0.15, -0.1) is 0 Å². The average molecular weight is 413 g/mol. The van der Waals surface area contributed by atoms with Crippen LogP contribution in [0.5, 0.6) is 0 Å². The monoisotopic (exact) mass is 412 g/mol. The zero-order chi connectivity index (χ0) is 21.9. The fourth-order valence-corrected chi connectivity index (χ4v) is 4.88. The van der Waals surface area contributed by atoms with Crippen molar-refractivity contribution < 1.29 is 8.42 Å². The summed E-state index contributed by atoms with van der Waals surface area (Å²) in [6.45, 7) is 20.6. The maximum absolute atomic E-state index is 12.4. The first-order valence-corrected chi connectivity index (χ1v) is 11.6. The van der Waals surface area contributed by atoms with Crippen LogP contribution in [0, 0.1) is 16.2 Å². The highest BCUT2D eigenvalue weighted by molar-refractivity contribution is 7.87. The molecule has 1 saturated heterocycles. The van der Waals surface area contributed by atoms with Crippen molar-refractivity contribution in [1.29, 1.82) is 0 Å². The Labute approximate surface area is 172 Å². The number of amidine groups is 1. The summed E-state index contributed by atoms with van der Waals surface area (Å²) in [6.07, 6.45) is 0.696. The van der Waals surface area contributed by atoms with Gasteiger partial charge < -0.3 is 4.90 Å². The van der Waals surface area contributed by atoms with E-state index in [0.29, 0.717) is 13.0 Å². The van der Waals surface area contributed by atoms with E-state index in [1.54, 1.807) is 14.1 Å². The molecule has 0 aromatic carbocycles. The van der Waals surface area contributed by atoms with E-state index in [4.69, 9.17) is 4.99 Å². The van der Waals surface area contributed by atoms with Gasteiger partial charge in [0.15, 0.2) is 0 Å². The number of fused-ring (bicyclic) bond motifs is 1. The van der Waals surface area contributed by atoms with Gasteiger partial charge in [-0.1, -0.05) is 62.3 Å². The highest BCUT2D eigenvalue weighted by Gasteiger charge is 2.47. The van der Waals surface area contributed by atoms with E-state index in [2.05, 4.69) is 71.9 Å². The number of hydrogen-bond acceptors (Lipinski definition) is 4. The summed E-state index contributed by atoms with van der Waals surface area (Å²) in [5, 5.41) is 0. The number of aliphatic imine (C=N–C) groups is 1. The fraction of sp³-hybridized carbons (Fsp3) is 0.857. The van der Waals surface area contributed by atoms with Gasteiger partial charge >= 0.3 is 0 Å². The minimum atomic E-state index is -3.48. The highest BCUT2D eigenvalue weighted by Crippen LogP contribution is 2.47. The van der Waals surface area contributed by atoms with E-state index >= 15 is 0 Å². The molecule has 0 radical (unpaired) electrons. The number of nitrogens with zero attached hydrogens (tertiary/aromatic N) is 3. The van der Waals surface area contributed by atoms with Crippen LogP contribution in [0.4, 0.5) is 0 Å². The van der Waals surface area contributed by atoms with Gasteiger partial charge in [-0.3, -0.25) is 4.99 Å². The molecular formula is C21H40N4O2S. The Bertz CT molecular complexity index is 775. The molecule has 0 aromatic rings. The van der Waals surface area contributed by atoms with Gasteiger partial charge in [0.2, 0.25) is 0 Å². The van der Waals surface area contributed by atoms with E-state index in [0.717, 1.165) is 5.84 Å². The molecule has 0 spiro atoms. The average Bonchev–Trinajstić information content (AvgIpc) is 2.83. The van der Waals surface area contributed by atoms with Gasteiger partial charge in [0.1, 0.15) is 5.84 Å². The molecule has 1 fully saturated rings. The predicted octanol–water partition coefficient (Wildman–Crippen LogP) is 3.63. The normalized spacial score (nSPS) is 24.7. The lowest BCUT2D eigenvalue weighted by atomic mass is 9.70. The van der Waals surface area contributed by atoms with Crippen molar-refractivity contribution in [3.63, 3.8) is 0 Å². The summed E-state index contributed by atoms with van der Waals surface area (Å²) in [4.78, 5) is 7.56. The molecule has 0 aliphatic carbocycles. The van der Waals surface area contributed by atoms with Crippen molar-refractivity contribution in [3.05, 3.63) is 11.3 Å². The maximum atomic E-state index is 12.4. The number of nitrogens with one attached hydrogen (secondary N) is 1. The Morgan fingerprint density at radius 3 is 1.93 bits per heavy atom. The van der Waals surface area contributed by atoms with E-state index in [1.807, 2.05) is 0 Å². The molecule has 2 aliphatic heterocycles. The molecule has 2 atom stereocenters. The lowest BCUT2D eigenvalue weighted by Crippen LogP contribution is -2.48. The van der Waals surface area contributed by atoms with Crippen molar-refractivity contribution in [2.45, 2.75) is 80.8 Å². The van der Waals surface area contributed by atoms with Crippen LogP contribution in [-0.2, 0) is 10.2 Å². The Morgan fingerprint density at radius 1 is 1.00 bits per heavy atom. The first-order valence-electron chi connectivity index (χ1n) is 10.1. The molecule has 2 rings (SSSR count). The molecule has 0 bridgehead atoms. The van der Waals surface area contributed by atoms with E-state index in [-0.39, 0.29) is 28.3 Å². The van der Waals surface area contributed by atoms with Gasteiger partial charge in [-0.2, -0.15) is 17.4 Å². The fourth-order valence-electron chi connectivity index (χ4n) is 4.09. The van der Waals surface area contributed by atoms with Crippen LogP contribution in [0.1, 0.15) is 68.7 Å². The van der Waals surface area contributed by atoms with Crippen molar-refractivity contribution in [1.82, 2.24) is 13.9 Å². The van der Waals surface area contributed by atoms with Gasteiger partial charge in [-0.05, 0) is 16.4 Å². The van der Waals surface area contributed by atoms with Gasteiger partial charge in [0, 0.05) is 44.2 Å². The van der Waals surface area contributed by atoms with E-state index < -0.39 is 10.2 Å². The minimum Gasteiger partial charge on any atom is -0.332 e. The van der Waals surface area contributed by atoms with Crippen molar-refractivity contribution >= 4 is 16.0 Å². The topological polar surface area (TPSA) is 65.0 Å². The first kappa shape index (κ1) is 23.4. The Balaban J connectivity index is 2.60. The summed E-state index contributed by atoms with van der Waals surface area (Å²) in [5.41, 5.74) is 2.40. The number of rotatable bonds is 3. The quantitative estimate of drug-likeness (QED) is 0.770. The molecule has 2 heterocycles. The summed E-state index contributed by atoms with van der Waals surface area (Å²) in [6, 6.07) is -0.0804. The van der Waals surface area contributed by atoms with Crippen molar-refractivity contribution in [2.75, 3.05) is 20.6 Å². The van der Waals surface area contributed by atoms with Gasteiger partial charge in [0.25, 0.3) is 10.2 Å². The Hall–Kier alpha value is -0.920. The van der Waals surface area contributed by atoms with Crippen molar-refractivity contribution in [3.8, 4) is 0 Å². The summed E-state index contributed by atoms with van der Waals surface area (Å²) in [5.74, 6) is 1.06. The third kappa shape index (κ3) is 4.62. The molecule has 2 unspecified atom stereocenters. The molecule has 7 heteroatoms. The molecule has 0 amide bonds. The predicted molar refractivity (Wildman–Crippen MR) is 117 cm³/mol. The minimum absolute atomic E-state index is 0.0145. The molecule has 0 aromatic heterocycles. The van der Waals surface area contributed by atoms with Crippen LogP contribution < -0.4 is 4.72 Å². The Morgan fingerprint density at radius 2 is 1.54 bits per heavy atom. The van der Waals surface area contributed by atoms with Crippen LogP contribution in [0.15, 0.2) is 16.3 Å². The smallest absolute Gasteiger partial charge is 0.279 e. The van der Waals surface area contributed by atoms with Gasteiger partial charge in [0.05, 0.1) is 6.04 Å². The highest BCUT2D eigenvalue weighted by atomic mass is 32.2. The third-order valence-corrected chi connectivity index (χ3v) is 6.95. The molecule has 2 aliphatic rings.